The zero-order valence-electron chi connectivity index (χ0n) is 21.8. The molecular weight excluding hydrogens is 701 g/mol. The molecule has 38 heavy (non-hydrogen) atoms. The lowest BCUT2D eigenvalue weighted by Gasteiger charge is -2.37. The topological polar surface area (TPSA) is 12.5 Å². The third kappa shape index (κ3) is 6.33. The highest BCUT2D eigenvalue weighted by atomic mass is 80.0. The van der Waals surface area contributed by atoms with Crippen molar-refractivity contribution in [3.05, 3.63) is 99.6 Å². The maximum atomic E-state index is 14.0. The van der Waals surface area contributed by atoms with Crippen LogP contribution < -0.4 is 5.46 Å². The van der Waals surface area contributed by atoms with Gasteiger partial charge in [0.25, 0.3) is 0 Å². The van der Waals surface area contributed by atoms with E-state index >= 15 is 0 Å². The monoisotopic (exact) mass is 727 g/mol. The third-order valence-electron chi connectivity index (χ3n) is 7.20. The zero-order chi connectivity index (χ0) is 27.8. The van der Waals surface area contributed by atoms with Crippen LogP contribution in [0, 0.1) is 27.7 Å². The Balaban J connectivity index is 0.000000786. The van der Waals surface area contributed by atoms with Crippen LogP contribution in [0.4, 0.5) is 13.2 Å². The molecule has 0 saturated carbocycles. The van der Waals surface area contributed by atoms with Crippen LogP contribution in [0.25, 0.3) is 0 Å². The summed E-state index contributed by atoms with van der Waals surface area (Å²) in [6.45, 7) is 8.94. The number of benzene rings is 3. The van der Waals surface area contributed by atoms with Crippen molar-refractivity contribution >= 4 is 63.3 Å². The average Bonchev–Trinajstić information content (AvgIpc) is 3.39. The summed E-state index contributed by atoms with van der Waals surface area (Å²) in [5.74, 6) is 0. The van der Waals surface area contributed by atoms with E-state index in [0.717, 1.165) is 52.3 Å². The van der Waals surface area contributed by atoms with Crippen molar-refractivity contribution in [2.24, 2.45) is 0 Å². The van der Waals surface area contributed by atoms with Crippen molar-refractivity contribution in [1.29, 1.82) is 0 Å². The van der Waals surface area contributed by atoms with Crippen molar-refractivity contribution in [2.75, 3.05) is 6.54 Å². The van der Waals surface area contributed by atoms with Crippen LogP contribution in [-0.2, 0) is 16.4 Å². The molecule has 2 fully saturated rings. The highest BCUT2D eigenvalue weighted by Gasteiger charge is 2.60. The first kappa shape index (κ1) is 30.4. The van der Waals surface area contributed by atoms with Gasteiger partial charge < -0.3 is 9.47 Å². The largest absolute Gasteiger partial charge is 0.542 e. The minimum Gasteiger partial charge on any atom is -0.402 e. The molecule has 3 aromatic rings. The van der Waals surface area contributed by atoms with Gasteiger partial charge in [0.1, 0.15) is 5.60 Å². The van der Waals surface area contributed by atoms with Crippen LogP contribution in [0.1, 0.15) is 51.8 Å². The lowest BCUT2D eigenvalue weighted by molar-refractivity contribution is -0.136. The fourth-order valence-electron chi connectivity index (χ4n) is 6.11. The first-order chi connectivity index (χ1) is 17.8. The number of halogens is 6. The summed E-state index contributed by atoms with van der Waals surface area (Å²) in [5, 5.41) is 0. The number of nitrogens with zero attached hydrogens (tertiary/aromatic N) is 1. The Kier molecular flexibility index (Phi) is 9.67. The Morgan fingerprint density at radius 2 is 1.34 bits per heavy atom. The molecule has 5 rings (SSSR count). The summed E-state index contributed by atoms with van der Waals surface area (Å²) >= 11 is 9.73. The second kappa shape index (κ2) is 12.1. The average molecular weight is 730 g/mol. The van der Waals surface area contributed by atoms with Gasteiger partial charge in [-0.3, -0.25) is 0 Å². The summed E-state index contributed by atoms with van der Waals surface area (Å²) in [4.78, 5) is 2.15. The molecule has 0 spiro atoms. The Labute approximate surface area is 248 Å². The summed E-state index contributed by atoms with van der Waals surface area (Å²) in [6, 6.07) is 18.6. The Morgan fingerprint density at radius 3 is 1.82 bits per heavy atom. The molecule has 0 radical (unpaired) electrons. The first-order valence-electron chi connectivity index (χ1n) is 12.5. The van der Waals surface area contributed by atoms with Crippen molar-refractivity contribution in [3.63, 3.8) is 0 Å². The van der Waals surface area contributed by atoms with E-state index in [1.165, 1.54) is 6.07 Å². The predicted molar refractivity (Wildman–Crippen MR) is 163 cm³/mol. The van der Waals surface area contributed by atoms with Gasteiger partial charge in [-0.05, 0) is 63.7 Å². The van der Waals surface area contributed by atoms with Crippen molar-refractivity contribution in [1.82, 2.24) is 4.81 Å². The Morgan fingerprint density at radius 1 is 0.868 bits per heavy atom. The van der Waals surface area contributed by atoms with E-state index in [-0.39, 0.29) is 11.5 Å². The molecule has 0 aromatic heterocycles. The number of aryl methyl sites for hydroxylation is 4. The minimum absolute atomic E-state index is 0.0545. The standard InChI is InChI=1S/C28H29BF3NO.Al.3BrH/c1-18-12-19(2)15-22(14-18)27(23-16-20(3)13-21(4)17-23)26-10-7-11-33(26)29(34-27)25-9-6-5-8-24(25)28(30,31)32;;;;/h5-6,8-9,12-17,26H,7,10-11H2,1-4H3;;3*1H/q;+3;;;/p-3/t26-;;;;/m0..../s1. The van der Waals surface area contributed by atoms with Crippen LogP contribution >= 0.6 is 42.2 Å². The number of hydrogen-bond acceptors (Lipinski definition) is 2. The molecule has 2 saturated heterocycles. The molecule has 0 N–H and O–H groups in total. The number of alkyl halides is 3. The van der Waals surface area contributed by atoms with Crippen LogP contribution in [0.15, 0.2) is 60.7 Å². The Bertz CT molecular complexity index is 1210. The van der Waals surface area contributed by atoms with Gasteiger partial charge in [-0.2, -0.15) is 55.3 Å². The van der Waals surface area contributed by atoms with Gasteiger partial charge in [0.05, 0.1) is 5.56 Å². The number of fused-ring (bicyclic) bond motifs is 1. The Hall–Kier alpha value is -0.593. The predicted octanol–water partition coefficient (Wildman–Crippen LogP) is 8.23. The molecule has 0 aliphatic carbocycles. The molecule has 10 heteroatoms. The lowest BCUT2D eigenvalue weighted by atomic mass is 9.69. The fraction of sp³-hybridized carbons (Fsp3) is 0.357. The molecule has 2 aliphatic heterocycles. The van der Waals surface area contributed by atoms with E-state index in [0.29, 0.717) is 6.54 Å². The van der Waals surface area contributed by atoms with Gasteiger partial charge in [-0.15, -0.1) is 0 Å². The van der Waals surface area contributed by atoms with Crippen molar-refractivity contribution in [2.45, 2.75) is 58.4 Å². The number of hydrogen-bond donors (Lipinski definition) is 0. The van der Waals surface area contributed by atoms with E-state index in [9.17, 15) is 13.2 Å². The van der Waals surface area contributed by atoms with Crippen LogP contribution in [-0.4, -0.2) is 33.1 Å². The second-order valence-corrected chi connectivity index (χ2v) is 30.0. The molecule has 200 valence electrons. The SMILES string of the molecule is Cc1cc(C)cc(C2(c3cc(C)cc(C)c3)OB(c3ccccc3C(F)(F)F)N3CCC[C@H]32)c1.[Br][Al]([Br])[Br]. The highest BCUT2D eigenvalue weighted by molar-refractivity contribution is 9.69. The smallest absolute Gasteiger partial charge is 0.402 e. The molecule has 0 bridgehead atoms. The summed E-state index contributed by atoms with van der Waals surface area (Å²) in [7, 11) is -1.47. The molecular formula is C28H29AlBBr3F3NO. The lowest BCUT2D eigenvalue weighted by Crippen LogP contribution is -2.48. The first-order valence-corrected chi connectivity index (χ1v) is 22.1. The van der Waals surface area contributed by atoms with E-state index < -0.39 is 33.1 Å². The summed E-state index contributed by atoms with van der Waals surface area (Å²) in [5.41, 5.74) is 5.21. The van der Waals surface area contributed by atoms with E-state index in [1.807, 2.05) is 0 Å². The molecule has 1 atom stereocenters. The molecule has 0 unspecified atom stereocenters. The molecule has 0 amide bonds. The van der Waals surface area contributed by atoms with E-state index in [1.54, 1.807) is 12.1 Å². The third-order valence-corrected chi connectivity index (χ3v) is 7.20. The van der Waals surface area contributed by atoms with Gasteiger partial charge in [0.15, 0.2) is 0 Å². The number of rotatable bonds is 3. The second-order valence-electron chi connectivity index (χ2n) is 10.2. The fourth-order valence-corrected chi connectivity index (χ4v) is 6.11. The summed E-state index contributed by atoms with van der Waals surface area (Å²) < 4.78 is 49.0. The van der Waals surface area contributed by atoms with Crippen LogP contribution in [0.5, 0.6) is 0 Å². The van der Waals surface area contributed by atoms with Crippen LogP contribution in [0.2, 0.25) is 0 Å². The maximum Gasteiger partial charge on any atom is 0.542 e. The normalized spacial score (nSPS) is 18.7. The van der Waals surface area contributed by atoms with Crippen LogP contribution in [0.3, 0.4) is 0 Å². The zero-order valence-corrected chi connectivity index (χ0v) is 27.7. The quantitative estimate of drug-likeness (QED) is 0.252. The van der Waals surface area contributed by atoms with E-state index in [4.69, 9.17) is 4.65 Å². The van der Waals surface area contributed by atoms with Crippen molar-refractivity contribution < 1.29 is 17.8 Å². The van der Waals surface area contributed by atoms with Crippen molar-refractivity contribution in [3.8, 4) is 0 Å². The minimum atomic E-state index is -4.44. The summed E-state index contributed by atoms with van der Waals surface area (Å²) in [6.07, 6.45) is -2.65. The molecule has 3 aromatic carbocycles. The van der Waals surface area contributed by atoms with Gasteiger partial charge in [-0.1, -0.05) is 82.9 Å². The van der Waals surface area contributed by atoms with Gasteiger partial charge >= 0.3 is 21.9 Å². The molecule has 2 aliphatic rings. The molecule has 2 heterocycles. The highest BCUT2D eigenvalue weighted by Crippen LogP contribution is 2.50. The van der Waals surface area contributed by atoms with Gasteiger partial charge in [-0.25, -0.2) is 0 Å². The molecule has 2 nitrogen and oxygen atoms in total. The van der Waals surface area contributed by atoms with E-state index in [2.05, 4.69) is 111 Å². The van der Waals surface area contributed by atoms with Gasteiger partial charge in [0.2, 0.25) is 0 Å². The maximum absolute atomic E-state index is 14.0. The van der Waals surface area contributed by atoms with Gasteiger partial charge in [0, 0.05) is 6.04 Å².